The first kappa shape index (κ1) is 18.4. The molecule has 7 nitrogen and oxygen atoms in total. The maximum atomic E-state index is 11.9. The first-order valence-corrected chi connectivity index (χ1v) is 7.73. The number of carbonyl (C=O) groups excluding carboxylic acids is 3. The summed E-state index contributed by atoms with van der Waals surface area (Å²) in [5.74, 6) is -1.87. The van der Waals surface area contributed by atoms with Crippen molar-refractivity contribution in [1.29, 1.82) is 0 Å². The highest BCUT2D eigenvalue weighted by Crippen LogP contribution is 2.21. The van der Waals surface area contributed by atoms with E-state index in [1.165, 1.54) is 30.5 Å². The van der Waals surface area contributed by atoms with E-state index in [0.717, 1.165) is 0 Å². The Labute approximate surface area is 148 Å². The van der Waals surface area contributed by atoms with Crippen molar-refractivity contribution in [3.8, 4) is 0 Å². The second-order valence-corrected chi connectivity index (χ2v) is 5.16. The van der Waals surface area contributed by atoms with E-state index in [9.17, 15) is 14.4 Å². The van der Waals surface area contributed by atoms with Gasteiger partial charge < -0.3 is 14.8 Å². The van der Waals surface area contributed by atoms with E-state index < -0.39 is 24.5 Å². The van der Waals surface area contributed by atoms with Crippen LogP contribution in [0.4, 0.5) is 5.69 Å². The van der Waals surface area contributed by atoms with Crippen LogP contribution in [0.2, 0.25) is 5.02 Å². The molecular weight excluding hydrogens is 348 g/mol. The number of benzene rings is 1. The summed E-state index contributed by atoms with van der Waals surface area (Å²) in [6.07, 6.45) is 1.45. The quantitative estimate of drug-likeness (QED) is 0.794. The van der Waals surface area contributed by atoms with Crippen molar-refractivity contribution in [3.05, 3.63) is 58.9 Å². The van der Waals surface area contributed by atoms with Crippen molar-refractivity contribution in [3.63, 3.8) is 0 Å². The topological polar surface area (TPSA) is 94.6 Å². The van der Waals surface area contributed by atoms with Crippen molar-refractivity contribution in [1.82, 2.24) is 4.98 Å². The lowest BCUT2D eigenvalue weighted by atomic mass is 10.2. The zero-order valence-corrected chi connectivity index (χ0v) is 14.1. The van der Waals surface area contributed by atoms with Gasteiger partial charge in [0, 0.05) is 11.9 Å². The zero-order chi connectivity index (χ0) is 18.2. The fraction of sp³-hybridized carbons (Fsp3) is 0.176. The standard InChI is InChI=1S/C17H15ClN2O5/c1-2-24-16(22)12-9-11(6-7-13(12)18)20-15(21)10-25-17(23)14-5-3-4-8-19-14/h3-9H,2,10H2,1H3,(H,20,21). The smallest absolute Gasteiger partial charge is 0.357 e. The van der Waals surface area contributed by atoms with E-state index in [-0.39, 0.29) is 22.9 Å². The molecule has 0 saturated carbocycles. The molecular formula is C17H15ClN2O5. The van der Waals surface area contributed by atoms with Crippen molar-refractivity contribution < 1.29 is 23.9 Å². The average molecular weight is 363 g/mol. The summed E-state index contributed by atoms with van der Waals surface area (Å²) < 4.78 is 9.76. The first-order chi connectivity index (χ1) is 12.0. The normalized spacial score (nSPS) is 10.0. The predicted molar refractivity (Wildman–Crippen MR) is 90.6 cm³/mol. The number of hydrogen-bond donors (Lipinski definition) is 1. The molecule has 1 N–H and O–H groups in total. The lowest BCUT2D eigenvalue weighted by molar-refractivity contribution is -0.119. The van der Waals surface area contributed by atoms with Crippen LogP contribution >= 0.6 is 11.6 Å². The van der Waals surface area contributed by atoms with Crippen LogP contribution in [0.5, 0.6) is 0 Å². The molecule has 0 aliphatic heterocycles. The van der Waals surface area contributed by atoms with Gasteiger partial charge in [-0.1, -0.05) is 17.7 Å². The number of rotatable bonds is 6. The summed E-state index contributed by atoms with van der Waals surface area (Å²) in [4.78, 5) is 39.2. The minimum absolute atomic E-state index is 0.103. The lowest BCUT2D eigenvalue weighted by Gasteiger charge is -2.09. The molecule has 1 amide bonds. The number of hydrogen-bond acceptors (Lipinski definition) is 6. The molecule has 0 atom stereocenters. The number of nitrogens with zero attached hydrogens (tertiary/aromatic N) is 1. The molecule has 8 heteroatoms. The largest absolute Gasteiger partial charge is 0.462 e. The molecule has 1 aromatic carbocycles. The van der Waals surface area contributed by atoms with Gasteiger partial charge in [0.2, 0.25) is 0 Å². The Balaban J connectivity index is 1.95. The maximum absolute atomic E-state index is 11.9. The number of pyridine rings is 1. The van der Waals surface area contributed by atoms with Gasteiger partial charge in [0.25, 0.3) is 5.91 Å². The number of esters is 2. The van der Waals surface area contributed by atoms with Gasteiger partial charge in [-0.05, 0) is 37.3 Å². The van der Waals surface area contributed by atoms with Gasteiger partial charge in [-0.25, -0.2) is 14.6 Å². The highest BCUT2D eigenvalue weighted by molar-refractivity contribution is 6.33. The number of carbonyl (C=O) groups is 3. The highest BCUT2D eigenvalue weighted by Gasteiger charge is 2.14. The Kier molecular flexibility index (Phi) is 6.47. The van der Waals surface area contributed by atoms with Crippen LogP contribution in [-0.2, 0) is 14.3 Å². The lowest BCUT2D eigenvalue weighted by Crippen LogP contribution is -2.21. The van der Waals surface area contributed by atoms with Gasteiger partial charge in [-0.15, -0.1) is 0 Å². The SMILES string of the molecule is CCOC(=O)c1cc(NC(=O)COC(=O)c2ccccn2)ccc1Cl. The molecule has 0 spiro atoms. The molecule has 0 aliphatic carbocycles. The van der Waals surface area contributed by atoms with Crippen LogP contribution in [0.1, 0.15) is 27.8 Å². The first-order valence-electron chi connectivity index (χ1n) is 7.36. The molecule has 0 fully saturated rings. The third-order valence-electron chi connectivity index (χ3n) is 2.95. The molecule has 0 unspecified atom stereocenters. The van der Waals surface area contributed by atoms with Gasteiger partial charge in [0.05, 0.1) is 17.2 Å². The van der Waals surface area contributed by atoms with Gasteiger partial charge in [-0.2, -0.15) is 0 Å². The number of nitrogens with one attached hydrogen (secondary N) is 1. The minimum atomic E-state index is -0.709. The Morgan fingerprint density at radius 1 is 1.12 bits per heavy atom. The van der Waals surface area contributed by atoms with Gasteiger partial charge in [-0.3, -0.25) is 4.79 Å². The maximum Gasteiger partial charge on any atom is 0.357 e. The number of anilines is 1. The van der Waals surface area contributed by atoms with Crippen molar-refractivity contribution in [2.45, 2.75) is 6.92 Å². The fourth-order valence-corrected chi connectivity index (χ4v) is 2.05. The molecule has 1 aromatic heterocycles. The van der Waals surface area contributed by atoms with Gasteiger partial charge >= 0.3 is 11.9 Å². The summed E-state index contributed by atoms with van der Waals surface area (Å²) in [6.45, 7) is 1.38. The molecule has 2 rings (SSSR count). The van der Waals surface area contributed by atoms with Crippen molar-refractivity contribution in [2.75, 3.05) is 18.5 Å². The molecule has 0 bridgehead atoms. The Hall–Kier alpha value is -2.93. The third kappa shape index (κ3) is 5.29. The molecule has 1 heterocycles. The van der Waals surface area contributed by atoms with Crippen molar-refractivity contribution >= 4 is 35.1 Å². The zero-order valence-electron chi connectivity index (χ0n) is 13.3. The fourth-order valence-electron chi connectivity index (χ4n) is 1.85. The van der Waals surface area contributed by atoms with Gasteiger partial charge in [0.15, 0.2) is 6.61 Å². The number of halogens is 1. The van der Waals surface area contributed by atoms with E-state index in [0.29, 0.717) is 5.69 Å². The number of ether oxygens (including phenoxy) is 2. The van der Waals surface area contributed by atoms with Crippen LogP contribution in [0.15, 0.2) is 42.6 Å². The van der Waals surface area contributed by atoms with Gasteiger partial charge in [0.1, 0.15) is 5.69 Å². The summed E-state index contributed by atoms with van der Waals surface area (Å²) >= 11 is 5.94. The van der Waals surface area contributed by atoms with E-state index in [2.05, 4.69) is 10.3 Å². The highest BCUT2D eigenvalue weighted by atomic mass is 35.5. The summed E-state index contributed by atoms with van der Waals surface area (Å²) in [5.41, 5.74) is 0.560. The summed E-state index contributed by atoms with van der Waals surface area (Å²) in [7, 11) is 0. The minimum Gasteiger partial charge on any atom is -0.462 e. The third-order valence-corrected chi connectivity index (χ3v) is 3.28. The molecule has 0 aliphatic rings. The van der Waals surface area contributed by atoms with Crippen LogP contribution in [0.3, 0.4) is 0 Å². The molecule has 2 aromatic rings. The molecule has 0 saturated heterocycles. The van der Waals surface area contributed by atoms with Crippen LogP contribution in [0.25, 0.3) is 0 Å². The molecule has 130 valence electrons. The monoisotopic (exact) mass is 362 g/mol. The van der Waals surface area contributed by atoms with Crippen LogP contribution in [0, 0.1) is 0 Å². The van der Waals surface area contributed by atoms with E-state index in [4.69, 9.17) is 21.1 Å². The van der Waals surface area contributed by atoms with Crippen LogP contribution in [-0.4, -0.2) is 36.0 Å². The average Bonchev–Trinajstić information content (AvgIpc) is 2.62. The summed E-state index contributed by atoms with van der Waals surface area (Å²) in [6, 6.07) is 9.14. The van der Waals surface area contributed by atoms with E-state index in [1.807, 2.05) is 0 Å². The number of aromatic nitrogens is 1. The second-order valence-electron chi connectivity index (χ2n) is 4.75. The Morgan fingerprint density at radius 2 is 1.92 bits per heavy atom. The van der Waals surface area contributed by atoms with E-state index in [1.54, 1.807) is 19.1 Å². The van der Waals surface area contributed by atoms with E-state index >= 15 is 0 Å². The Morgan fingerprint density at radius 3 is 2.60 bits per heavy atom. The predicted octanol–water partition coefficient (Wildman–Crippen LogP) is 2.71. The summed E-state index contributed by atoms with van der Waals surface area (Å²) in [5, 5.41) is 2.72. The molecule has 25 heavy (non-hydrogen) atoms. The Bertz CT molecular complexity index is 780. The number of amides is 1. The second kappa shape index (κ2) is 8.79. The van der Waals surface area contributed by atoms with Crippen LogP contribution < -0.4 is 5.32 Å². The molecule has 0 radical (unpaired) electrons. The van der Waals surface area contributed by atoms with Crippen molar-refractivity contribution in [2.24, 2.45) is 0 Å².